The summed E-state index contributed by atoms with van der Waals surface area (Å²) in [6.45, 7) is 1.75. The average molecular weight is 368 g/mol. The largest absolute Gasteiger partial charge is 0.337 e. The Morgan fingerprint density at radius 1 is 1.33 bits per heavy atom. The fraction of sp³-hybridized carbons (Fsp3) is 0.375. The summed E-state index contributed by atoms with van der Waals surface area (Å²) in [5.41, 5.74) is 1.34. The molecule has 8 heteroatoms. The van der Waals surface area contributed by atoms with E-state index in [1.165, 1.54) is 28.4 Å². The van der Waals surface area contributed by atoms with Crippen LogP contribution in [-0.4, -0.2) is 48.8 Å². The molecular weight excluding hydrogens is 351 g/mol. The Morgan fingerprint density at radius 2 is 2.00 bits per heavy atom. The third-order valence-electron chi connectivity index (χ3n) is 4.16. The van der Waals surface area contributed by atoms with Crippen molar-refractivity contribution in [2.24, 2.45) is 0 Å². The highest BCUT2D eigenvalue weighted by Gasteiger charge is 2.34. The fourth-order valence-electron chi connectivity index (χ4n) is 2.72. The van der Waals surface area contributed by atoms with E-state index >= 15 is 0 Å². The highest BCUT2D eigenvalue weighted by atomic mass is 32.2. The van der Waals surface area contributed by atoms with Gasteiger partial charge in [-0.3, -0.25) is 4.79 Å². The molecule has 1 amide bonds. The van der Waals surface area contributed by atoms with Crippen molar-refractivity contribution in [3.05, 3.63) is 40.7 Å². The van der Waals surface area contributed by atoms with Crippen LogP contribution in [-0.2, 0) is 9.84 Å². The normalized spacial score (nSPS) is 19.4. The van der Waals surface area contributed by atoms with Gasteiger partial charge in [0.15, 0.2) is 9.84 Å². The molecule has 128 valence electrons. The number of benzene rings is 1. The van der Waals surface area contributed by atoms with E-state index in [4.69, 9.17) is 0 Å². The zero-order valence-corrected chi connectivity index (χ0v) is 15.0. The minimum Gasteiger partial charge on any atom is -0.337 e. The van der Waals surface area contributed by atoms with E-state index in [9.17, 15) is 17.6 Å². The maximum Gasteiger partial charge on any atom is 0.265 e. The molecule has 1 saturated heterocycles. The smallest absolute Gasteiger partial charge is 0.265 e. The number of thiazole rings is 1. The Kier molecular flexibility index (Phi) is 4.44. The molecule has 3 rings (SSSR count). The van der Waals surface area contributed by atoms with Gasteiger partial charge in [-0.1, -0.05) is 0 Å². The Morgan fingerprint density at radius 3 is 2.58 bits per heavy atom. The quantitative estimate of drug-likeness (QED) is 0.835. The summed E-state index contributed by atoms with van der Waals surface area (Å²) in [6, 6.07) is 5.65. The van der Waals surface area contributed by atoms with E-state index < -0.39 is 9.84 Å². The second kappa shape index (κ2) is 6.25. The van der Waals surface area contributed by atoms with Crippen molar-refractivity contribution in [1.82, 2.24) is 9.88 Å². The molecule has 0 aliphatic carbocycles. The van der Waals surface area contributed by atoms with E-state index in [2.05, 4.69) is 4.98 Å². The van der Waals surface area contributed by atoms with Crippen LogP contribution in [0.25, 0.3) is 10.6 Å². The molecule has 1 aromatic carbocycles. The summed E-state index contributed by atoms with van der Waals surface area (Å²) in [5.74, 6) is -0.415. The van der Waals surface area contributed by atoms with Gasteiger partial charge in [0.05, 0.1) is 17.2 Å². The molecule has 1 aliphatic rings. The van der Waals surface area contributed by atoms with Crippen molar-refractivity contribution in [3.63, 3.8) is 0 Å². The summed E-state index contributed by atoms with van der Waals surface area (Å²) in [5, 5.41) is 0.642. The first-order valence-electron chi connectivity index (χ1n) is 7.48. The third kappa shape index (κ3) is 3.34. The van der Waals surface area contributed by atoms with Gasteiger partial charge in [-0.2, -0.15) is 0 Å². The summed E-state index contributed by atoms with van der Waals surface area (Å²) >= 11 is 1.24. The maximum atomic E-state index is 13.0. The number of carbonyl (C=O) groups is 1. The van der Waals surface area contributed by atoms with Gasteiger partial charge < -0.3 is 4.90 Å². The number of nitrogens with zero attached hydrogens (tertiary/aromatic N) is 2. The fourth-order valence-corrected chi connectivity index (χ4v) is 5.55. The van der Waals surface area contributed by atoms with E-state index in [0.717, 1.165) is 5.56 Å². The molecule has 0 radical (unpaired) electrons. The van der Waals surface area contributed by atoms with Crippen molar-refractivity contribution < 1.29 is 17.6 Å². The Balaban J connectivity index is 1.84. The minimum atomic E-state index is -3.05. The molecule has 1 fully saturated rings. The number of amides is 1. The number of rotatable bonds is 3. The summed E-state index contributed by atoms with van der Waals surface area (Å²) in [4.78, 5) is 19.1. The van der Waals surface area contributed by atoms with Gasteiger partial charge in [0, 0.05) is 18.7 Å². The first kappa shape index (κ1) is 17.0. The molecule has 1 aliphatic heterocycles. The Hall–Kier alpha value is -1.80. The number of hydrogen-bond donors (Lipinski definition) is 0. The number of carbonyl (C=O) groups excluding carboxylic acids is 1. The zero-order valence-electron chi connectivity index (χ0n) is 13.3. The van der Waals surface area contributed by atoms with Gasteiger partial charge >= 0.3 is 0 Å². The second-order valence-corrected chi connectivity index (χ2v) is 9.14. The number of hydrogen-bond acceptors (Lipinski definition) is 5. The molecule has 0 spiro atoms. The third-order valence-corrected chi connectivity index (χ3v) is 7.10. The van der Waals surface area contributed by atoms with E-state index in [0.29, 0.717) is 22.0 Å². The molecular formula is C16H17FN2O3S2. The number of aromatic nitrogens is 1. The zero-order chi connectivity index (χ0) is 17.5. The lowest BCUT2D eigenvalue weighted by atomic mass is 10.2. The second-order valence-electron chi connectivity index (χ2n) is 5.91. The van der Waals surface area contributed by atoms with Crippen LogP contribution in [0, 0.1) is 12.7 Å². The molecule has 0 unspecified atom stereocenters. The minimum absolute atomic E-state index is 0.0118. The summed E-state index contributed by atoms with van der Waals surface area (Å²) in [6.07, 6.45) is 0.466. The van der Waals surface area contributed by atoms with Crippen LogP contribution >= 0.6 is 11.3 Å². The molecule has 0 saturated carbocycles. The van der Waals surface area contributed by atoms with Gasteiger partial charge in [-0.25, -0.2) is 17.8 Å². The van der Waals surface area contributed by atoms with Crippen LogP contribution in [0.5, 0.6) is 0 Å². The van der Waals surface area contributed by atoms with Crippen LogP contribution < -0.4 is 0 Å². The highest BCUT2D eigenvalue weighted by molar-refractivity contribution is 7.91. The summed E-state index contributed by atoms with van der Waals surface area (Å²) in [7, 11) is -1.42. The molecule has 0 bridgehead atoms. The van der Waals surface area contributed by atoms with Crippen molar-refractivity contribution in [3.8, 4) is 10.6 Å². The van der Waals surface area contributed by atoms with E-state index in [1.807, 2.05) is 0 Å². The maximum absolute atomic E-state index is 13.0. The topological polar surface area (TPSA) is 67.3 Å². The molecule has 1 atom stereocenters. The van der Waals surface area contributed by atoms with Crippen molar-refractivity contribution >= 4 is 27.1 Å². The number of aryl methyl sites for hydroxylation is 1. The van der Waals surface area contributed by atoms with Gasteiger partial charge in [-0.15, -0.1) is 11.3 Å². The lowest BCUT2D eigenvalue weighted by molar-refractivity contribution is 0.0751. The van der Waals surface area contributed by atoms with Gasteiger partial charge in [-0.05, 0) is 37.6 Å². The standard InChI is InChI=1S/C16H17FN2O3S2/c1-10-14(16(20)19(2)13-7-8-24(21,22)9-13)23-15(18-10)11-3-5-12(17)6-4-11/h3-6,13H,7-9H2,1-2H3/t13-/m1/s1. The van der Waals surface area contributed by atoms with E-state index in [-0.39, 0.29) is 29.3 Å². The molecule has 2 heterocycles. The van der Waals surface area contributed by atoms with Crippen molar-refractivity contribution in [1.29, 1.82) is 0 Å². The van der Waals surface area contributed by atoms with Crippen molar-refractivity contribution in [2.75, 3.05) is 18.6 Å². The molecule has 1 aromatic heterocycles. The number of halogens is 1. The number of sulfone groups is 1. The molecule has 5 nitrogen and oxygen atoms in total. The first-order chi connectivity index (χ1) is 11.3. The van der Waals surface area contributed by atoms with E-state index in [1.54, 1.807) is 26.1 Å². The van der Waals surface area contributed by atoms with Crippen LogP contribution in [0.15, 0.2) is 24.3 Å². The van der Waals surface area contributed by atoms with Crippen LogP contribution in [0.4, 0.5) is 4.39 Å². The molecule has 0 N–H and O–H groups in total. The van der Waals surface area contributed by atoms with Gasteiger partial charge in [0.2, 0.25) is 0 Å². The van der Waals surface area contributed by atoms with Gasteiger partial charge in [0.25, 0.3) is 5.91 Å². The van der Waals surface area contributed by atoms with Crippen LogP contribution in [0.2, 0.25) is 0 Å². The lowest BCUT2D eigenvalue weighted by Crippen LogP contribution is -2.37. The average Bonchev–Trinajstić information content (AvgIpc) is 3.09. The summed E-state index contributed by atoms with van der Waals surface area (Å²) < 4.78 is 36.2. The predicted molar refractivity (Wildman–Crippen MR) is 91.4 cm³/mol. The first-order valence-corrected chi connectivity index (χ1v) is 10.1. The molecule has 2 aromatic rings. The predicted octanol–water partition coefficient (Wildman–Crippen LogP) is 2.52. The van der Waals surface area contributed by atoms with Crippen molar-refractivity contribution in [2.45, 2.75) is 19.4 Å². The van der Waals surface area contributed by atoms with Gasteiger partial charge in [0.1, 0.15) is 15.7 Å². The van der Waals surface area contributed by atoms with Crippen LogP contribution in [0.3, 0.4) is 0 Å². The molecule has 24 heavy (non-hydrogen) atoms. The Labute approximate surface area is 144 Å². The SMILES string of the molecule is Cc1nc(-c2ccc(F)cc2)sc1C(=O)N(C)[C@@H]1CCS(=O)(=O)C1. The lowest BCUT2D eigenvalue weighted by Gasteiger charge is -2.22. The highest BCUT2D eigenvalue weighted by Crippen LogP contribution is 2.30. The monoisotopic (exact) mass is 368 g/mol. The van der Waals surface area contributed by atoms with Crippen LogP contribution in [0.1, 0.15) is 21.8 Å². The Bertz CT molecular complexity index is 875.